The zero-order chi connectivity index (χ0) is 11.0. The van der Waals surface area contributed by atoms with Gasteiger partial charge in [-0.25, -0.2) is 4.98 Å². The van der Waals surface area contributed by atoms with Crippen molar-refractivity contribution in [1.29, 1.82) is 0 Å². The number of nitrogens with zero attached hydrogens (tertiary/aromatic N) is 2. The summed E-state index contributed by atoms with van der Waals surface area (Å²) in [5, 5.41) is 4.78. The highest BCUT2D eigenvalue weighted by Gasteiger charge is 2.31. The van der Waals surface area contributed by atoms with Crippen LogP contribution in [-0.2, 0) is 9.59 Å². The van der Waals surface area contributed by atoms with Crippen molar-refractivity contribution in [2.24, 2.45) is 0 Å². The molecular formula is C8H8BrN3O2S. The summed E-state index contributed by atoms with van der Waals surface area (Å²) in [6, 6.07) is -0.360. The van der Waals surface area contributed by atoms with Gasteiger partial charge in [0, 0.05) is 5.38 Å². The van der Waals surface area contributed by atoms with Crippen molar-refractivity contribution in [3.05, 3.63) is 9.98 Å². The highest BCUT2D eigenvalue weighted by atomic mass is 79.9. The molecule has 0 radical (unpaired) electrons. The maximum absolute atomic E-state index is 11.4. The lowest BCUT2D eigenvalue weighted by atomic mass is 10.2. The third kappa shape index (κ3) is 2.03. The van der Waals surface area contributed by atoms with Crippen molar-refractivity contribution < 1.29 is 9.59 Å². The summed E-state index contributed by atoms with van der Waals surface area (Å²) in [6.45, 7) is 1.92. The Morgan fingerprint density at radius 3 is 3.00 bits per heavy atom. The molecule has 1 aliphatic rings. The van der Waals surface area contributed by atoms with Crippen LogP contribution in [0.4, 0.5) is 5.13 Å². The smallest absolute Gasteiger partial charge is 0.249 e. The minimum atomic E-state index is -0.360. The minimum Gasteiger partial charge on any atom is -0.327 e. The lowest BCUT2D eigenvalue weighted by Gasteiger charge is -2.31. The molecule has 1 aromatic rings. The SMILES string of the molecule is CC1C(=O)NC(=O)CN1c1nc(Br)cs1. The normalized spacial score (nSPS) is 21.7. The van der Waals surface area contributed by atoms with Gasteiger partial charge in [-0.1, -0.05) is 0 Å². The molecule has 15 heavy (non-hydrogen) atoms. The Morgan fingerprint density at radius 2 is 2.40 bits per heavy atom. The molecule has 1 aliphatic heterocycles. The van der Waals surface area contributed by atoms with Gasteiger partial charge in [-0.05, 0) is 22.9 Å². The van der Waals surface area contributed by atoms with Gasteiger partial charge in [0.15, 0.2) is 5.13 Å². The average Bonchev–Trinajstić information content (AvgIpc) is 2.58. The Hall–Kier alpha value is -0.950. The topological polar surface area (TPSA) is 62.3 Å². The van der Waals surface area contributed by atoms with Crippen LogP contribution >= 0.6 is 27.3 Å². The summed E-state index contributed by atoms with van der Waals surface area (Å²) in [4.78, 5) is 28.5. The number of carbonyl (C=O) groups is 2. The number of imide groups is 1. The lowest BCUT2D eigenvalue weighted by molar-refractivity contribution is -0.132. The fraction of sp³-hybridized carbons (Fsp3) is 0.375. The number of hydrogen-bond acceptors (Lipinski definition) is 5. The molecule has 0 aromatic carbocycles. The molecule has 2 heterocycles. The summed E-state index contributed by atoms with van der Waals surface area (Å²) in [5.74, 6) is -0.568. The summed E-state index contributed by atoms with van der Waals surface area (Å²) in [6.07, 6.45) is 0. The number of carbonyl (C=O) groups excluding carboxylic acids is 2. The van der Waals surface area contributed by atoms with E-state index in [1.54, 1.807) is 11.8 Å². The molecule has 0 aliphatic carbocycles. The number of nitrogens with one attached hydrogen (secondary N) is 1. The van der Waals surface area contributed by atoms with Crippen molar-refractivity contribution in [2.75, 3.05) is 11.4 Å². The molecule has 5 nitrogen and oxygen atoms in total. The summed E-state index contributed by atoms with van der Waals surface area (Å²) >= 11 is 4.64. The van der Waals surface area contributed by atoms with Crippen molar-refractivity contribution in [3.63, 3.8) is 0 Å². The molecule has 80 valence electrons. The first-order valence-electron chi connectivity index (χ1n) is 4.29. The second-order valence-corrected chi connectivity index (χ2v) is 4.82. The van der Waals surface area contributed by atoms with E-state index in [9.17, 15) is 9.59 Å². The summed E-state index contributed by atoms with van der Waals surface area (Å²) in [5.41, 5.74) is 0. The zero-order valence-electron chi connectivity index (χ0n) is 7.86. The van der Waals surface area contributed by atoms with E-state index in [2.05, 4.69) is 26.2 Å². The molecule has 2 amide bonds. The molecule has 0 spiro atoms. The van der Waals surface area contributed by atoms with E-state index < -0.39 is 0 Å². The standard InChI is InChI=1S/C8H8BrN3O2S/c1-4-7(14)11-6(13)2-12(4)8-10-5(9)3-15-8/h3-4H,2H2,1H3,(H,11,13,14). The highest BCUT2D eigenvalue weighted by Crippen LogP contribution is 2.25. The molecule has 0 bridgehead atoms. The first-order chi connectivity index (χ1) is 7.08. The van der Waals surface area contributed by atoms with Gasteiger partial charge in [-0.3, -0.25) is 14.9 Å². The van der Waals surface area contributed by atoms with Gasteiger partial charge in [-0.2, -0.15) is 0 Å². The van der Waals surface area contributed by atoms with E-state index in [0.717, 1.165) is 0 Å². The first-order valence-corrected chi connectivity index (χ1v) is 5.96. The second kappa shape index (κ2) is 3.90. The Balaban J connectivity index is 2.27. The number of aromatic nitrogens is 1. The molecule has 0 saturated carbocycles. The van der Waals surface area contributed by atoms with Crippen molar-refractivity contribution in [1.82, 2.24) is 10.3 Å². The van der Waals surface area contributed by atoms with Crippen LogP contribution in [0.2, 0.25) is 0 Å². The fourth-order valence-corrected chi connectivity index (χ4v) is 2.66. The summed E-state index contributed by atoms with van der Waals surface area (Å²) in [7, 11) is 0. The maximum Gasteiger partial charge on any atom is 0.249 e. The van der Waals surface area contributed by atoms with Crippen molar-refractivity contribution in [2.45, 2.75) is 13.0 Å². The van der Waals surface area contributed by atoms with E-state index in [1.165, 1.54) is 11.3 Å². The van der Waals surface area contributed by atoms with E-state index >= 15 is 0 Å². The van der Waals surface area contributed by atoms with Crippen molar-refractivity contribution in [3.8, 4) is 0 Å². The number of thiazole rings is 1. The second-order valence-electron chi connectivity index (χ2n) is 3.17. The van der Waals surface area contributed by atoms with Gasteiger partial charge in [0.2, 0.25) is 11.8 Å². The summed E-state index contributed by atoms with van der Waals surface area (Å²) < 4.78 is 0.716. The van der Waals surface area contributed by atoms with Crippen LogP contribution in [0.3, 0.4) is 0 Å². The molecule has 1 atom stereocenters. The number of anilines is 1. The molecule has 7 heteroatoms. The first kappa shape index (κ1) is 10.6. The van der Waals surface area contributed by atoms with Crippen LogP contribution in [0.5, 0.6) is 0 Å². The van der Waals surface area contributed by atoms with Crippen LogP contribution in [-0.4, -0.2) is 29.4 Å². The van der Waals surface area contributed by atoms with E-state index in [0.29, 0.717) is 9.73 Å². The number of amides is 2. The predicted octanol–water partition coefficient (Wildman–Crippen LogP) is 0.757. The third-order valence-electron chi connectivity index (χ3n) is 2.13. The van der Waals surface area contributed by atoms with E-state index in [1.807, 2.05) is 5.38 Å². The zero-order valence-corrected chi connectivity index (χ0v) is 10.3. The van der Waals surface area contributed by atoms with Crippen LogP contribution in [0.15, 0.2) is 9.98 Å². The third-order valence-corrected chi connectivity index (χ3v) is 3.72. The molecule has 2 rings (SSSR count). The molecular weight excluding hydrogens is 282 g/mol. The van der Waals surface area contributed by atoms with Gasteiger partial charge in [0.1, 0.15) is 17.2 Å². The maximum atomic E-state index is 11.4. The number of hydrogen-bond donors (Lipinski definition) is 1. The van der Waals surface area contributed by atoms with Crippen LogP contribution in [0.1, 0.15) is 6.92 Å². The number of halogens is 1. The molecule has 1 unspecified atom stereocenters. The highest BCUT2D eigenvalue weighted by molar-refractivity contribution is 9.10. The van der Waals surface area contributed by atoms with Gasteiger partial charge in [0.25, 0.3) is 0 Å². The van der Waals surface area contributed by atoms with Crippen LogP contribution in [0, 0.1) is 0 Å². The molecule has 1 aromatic heterocycles. The van der Waals surface area contributed by atoms with Gasteiger partial charge in [-0.15, -0.1) is 11.3 Å². The minimum absolute atomic E-state index is 0.173. The predicted molar refractivity (Wildman–Crippen MR) is 59.8 cm³/mol. The average molecular weight is 290 g/mol. The van der Waals surface area contributed by atoms with Crippen LogP contribution < -0.4 is 10.2 Å². The van der Waals surface area contributed by atoms with Crippen molar-refractivity contribution >= 4 is 44.2 Å². The quantitative estimate of drug-likeness (QED) is 0.776. The van der Waals surface area contributed by atoms with E-state index in [4.69, 9.17) is 0 Å². The van der Waals surface area contributed by atoms with Gasteiger partial charge in [0.05, 0.1) is 0 Å². The Kier molecular flexibility index (Phi) is 2.74. The van der Waals surface area contributed by atoms with E-state index in [-0.39, 0.29) is 24.4 Å². The molecule has 1 fully saturated rings. The Bertz CT molecular complexity index is 420. The number of rotatable bonds is 1. The fourth-order valence-electron chi connectivity index (χ4n) is 1.33. The van der Waals surface area contributed by atoms with Gasteiger partial charge < -0.3 is 4.90 Å². The molecule has 1 N–H and O–H groups in total. The Morgan fingerprint density at radius 1 is 1.67 bits per heavy atom. The van der Waals surface area contributed by atoms with Crippen LogP contribution in [0.25, 0.3) is 0 Å². The van der Waals surface area contributed by atoms with Gasteiger partial charge >= 0.3 is 0 Å². The largest absolute Gasteiger partial charge is 0.327 e. The number of piperazine rings is 1. The lowest BCUT2D eigenvalue weighted by Crippen LogP contribution is -2.57. The molecule has 1 saturated heterocycles. The Labute approximate surface area is 98.6 Å². The monoisotopic (exact) mass is 289 g/mol.